The van der Waals surface area contributed by atoms with Gasteiger partial charge in [-0.3, -0.25) is 0 Å². The second-order valence-corrected chi connectivity index (χ2v) is 16.3. The van der Waals surface area contributed by atoms with Gasteiger partial charge in [0.25, 0.3) is 0 Å². The van der Waals surface area contributed by atoms with Crippen molar-refractivity contribution in [2.24, 2.45) is 11.3 Å². The molecule has 4 unspecified atom stereocenters. The van der Waals surface area contributed by atoms with Gasteiger partial charge >= 0.3 is 0 Å². The van der Waals surface area contributed by atoms with Crippen LogP contribution in [0.2, 0.25) is 5.82 Å². The van der Waals surface area contributed by atoms with Crippen LogP contribution in [0.25, 0.3) is 0 Å². The third-order valence-corrected chi connectivity index (χ3v) is 15.5. The molecule has 0 aromatic rings. The summed E-state index contributed by atoms with van der Waals surface area (Å²) in [5.41, 5.74) is 0.380. The molecule has 22 heavy (non-hydrogen) atoms. The molecule has 0 heterocycles. The molecule has 0 bridgehead atoms. The van der Waals surface area contributed by atoms with Crippen molar-refractivity contribution in [3.63, 3.8) is 0 Å². The van der Waals surface area contributed by atoms with Gasteiger partial charge < -0.3 is 4.74 Å². The molecule has 0 aromatic carbocycles. The van der Waals surface area contributed by atoms with Gasteiger partial charge in [-0.25, -0.2) is 0 Å². The van der Waals surface area contributed by atoms with Crippen molar-refractivity contribution in [3.8, 4) is 0 Å². The van der Waals surface area contributed by atoms with Crippen LogP contribution in [0.1, 0.15) is 54.9 Å². The Morgan fingerprint density at radius 1 is 1.32 bits per heavy atom. The van der Waals surface area contributed by atoms with Crippen molar-refractivity contribution in [2.45, 2.75) is 72.2 Å². The fourth-order valence-corrected chi connectivity index (χ4v) is 10.8. The van der Waals surface area contributed by atoms with Gasteiger partial charge in [0.15, 0.2) is 0 Å². The highest BCUT2D eigenvalue weighted by Crippen LogP contribution is 2.58. The summed E-state index contributed by atoms with van der Waals surface area (Å²) in [6.45, 7) is 15.3. The Hall–Kier alpha value is 0.625. The van der Waals surface area contributed by atoms with Gasteiger partial charge in [-0.15, -0.1) is 19.5 Å². The largest absolute Gasteiger partial charge is 0.368 e. The molecular weight excluding hydrogens is 305 g/mol. The maximum absolute atomic E-state index is 6.69. The van der Waals surface area contributed by atoms with E-state index in [0.717, 1.165) is 5.82 Å². The topological polar surface area (TPSA) is 9.23 Å². The summed E-state index contributed by atoms with van der Waals surface area (Å²) in [6, 6.07) is 0. The molecule has 0 N–H and O–H groups in total. The van der Waals surface area contributed by atoms with Gasteiger partial charge in [0.2, 0.25) is 0 Å². The summed E-state index contributed by atoms with van der Waals surface area (Å²) in [5.74, 6) is 2.60. The Morgan fingerprint density at radius 3 is 2.18 bits per heavy atom. The maximum atomic E-state index is 6.69. The third-order valence-electron chi connectivity index (χ3n) is 6.75. The standard InChI is InChI=1S/C18H39BOP2/c1-10-22(9,11-2)13-21(8)18(6,7)20-15-12-16(19)17(4,5)14(15)3/h14-16,21H,8-13,19H2,1-7H3. The van der Waals surface area contributed by atoms with E-state index in [2.05, 4.69) is 68.9 Å². The average Bonchev–Trinajstić information content (AvgIpc) is 2.61. The number of hydrogen-bond donors (Lipinski definition) is 0. The van der Waals surface area contributed by atoms with Crippen molar-refractivity contribution < 1.29 is 4.74 Å². The van der Waals surface area contributed by atoms with Gasteiger partial charge in [-0.1, -0.05) is 48.0 Å². The van der Waals surface area contributed by atoms with Crippen molar-refractivity contribution in [1.29, 1.82) is 0 Å². The van der Waals surface area contributed by atoms with E-state index in [1.165, 1.54) is 24.6 Å². The second kappa shape index (κ2) is 7.25. The van der Waals surface area contributed by atoms with E-state index in [1.54, 1.807) is 0 Å². The average molecular weight is 344 g/mol. The van der Waals surface area contributed by atoms with Gasteiger partial charge in [-0.05, 0) is 49.8 Å². The molecule has 1 saturated carbocycles. The predicted octanol–water partition coefficient (Wildman–Crippen LogP) is 4.69. The molecule has 4 heteroatoms. The zero-order chi connectivity index (χ0) is 17.3. The van der Waals surface area contributed by atoms with Gasteiger partial charge in [0.1, 0.15) is 7.85 Å². The molecule has 0 radical (unpaired) electrons. The Kier molecular flexibility index (Phi) is 6.81. The van der Waals surface area contributed by atoms with Crippen LogP contribution in [0.3, 0.4) is 0 Å². The van der Waals surface area contributed by atoms with Crippen LogP contribution in [0.5, 0.6) is 0 Å². The summed E-state index contributed by atoms with van der Waals surface area (Å²) in [7, 11) is 1.58. The molecule has 1 nitrogen and oxygen atoms in total. The normalized spacial score (nSPS) is 30.4. The van der Waals surface area contributed by atoms with Crippen LogP contribution < -0.4 is 0 Å². The van der Waals surface area contributed by atoms with Crippen LogP contribution >= 0.6 is 14.4 Å². The Labute approximate surface area is 141 Å². The molecule has 0 saturated heterocycles. The fourth-order valence-electron chi connectivity index (χ4n) is 3.44. The first-order valence-corrected chi connectivity index (χ1v) is 13.4. The summed E-state index contributed by atoms with van der Waals surface area (Å²) >= 11 is 0. The highest BCUT2D eigenvalue weighted by Gasteiger charge is 2.46. The molecule has 0 amide bonds. The van der Waals surface area contributed by atoms with Crippen LogP contribution in [0.15, 0.2) is 0 Å². The second-order valence-electron chi connectivity index (χ2n) is 8.65. The smallest absolute Gasteiger partial charge is 0.106 e. The number of ether oxygens (including phenoxy) is 1. The molecule has 1 rings (SSSR count). The van der Waals surface area contributed by atoms with Gasteiger partial charge in [0.05, 0.1) is 11.4 Å². The lowest BCUT2D eigenvalue weighted by Crippen LogP contribution is -2.32. The highest BCUT2D eigenvalue weighted by molar-refractivity contribution is 7.83. The molecule has 1 aliphatic rings. The summed E-state index contributed by atoms with van der Waals surface area (Å²) in [6.07, 6.45) is 13.2. The quantitative estimate of drug-likeness (QED) is 0.481. The minimum Gasteiger partial charge on any atom is -0.368 e. The minimum absolute atomic E-state index is 0.0585. The number of rotatable bonds is 7. The first kappa shape index (κ1) is 20.7. The van der Waals surface area contributed by atoms with Crippen molar-refractivity contribution in [1.82, 2.24) is 0 Å². The van der Waals surface area contributed by atoms with Crippen LogP contribution in [-0.2, 0) is 4.74 Å². The molecule has 1 aliphatic carbocycles. The van der Waals surface area contributed by atoms with Crippen molar-refractivity contribution in [3.05, 3.63) is 0 Å². The van der Waals surface area contributed by atoms with Crippen molar-refractivity contribution >= 4 is 34.9 Å². The van der Waals surface area contributed by atoms with Crippen LogP contribution in [0, 0.1) is 11.3 Å². The van der Waals surface area contributed by atoms with Crippen molar-refractivity contribution in [2.75, 3.05) is 18.2 Å². The molecular formula is C18H39BOP2. The number of hydrogen-bond acceptors (Lipinski definition) is 1. The van der Waals surface area contributed by atoms with Crippen LogP contribution in [0.4, 0.5) is 0 Å². The molecule has 4 atom stereocenters. The Morgan fingerprint density at radius 2 is 1.82 bits per heavy atom. The van der Waals surface area contributed by atoms with E-state index in [9.17, 15) is 0 Å². The summed E-state index contributed by atoms with van der Waals surface area (Å²) in [5, 5.41) is -0.0585. The van der Waals surface area contributed by atoms with E-state index in [1.807, 2.05) is 0 Å². The lowest BCUT2D eigenvalue weighted by atomic mass is 9.67. The van der Waals surface area contributed by atoms with Gasteiger partial charge in [0, 0.05) is 0 Å². The Balaban J connectivity index is 2.80. The fraction of sp³-hybridized carbons (Fsp3) is 0.889. The maximum Gasteiger partial charge on any atom is 0.106 e. The molecule has 0 spiro atoms. The predicted molar refractivity (Wildman–Crippen MR) is 114 cm³/mol. The van der Waals surface area contributed by atoms with E-state index >= 15 is 0 Å². The van der Waals surface area contributed by atoms with E-state index < -0.39 is 14.4 Å². The summed E-state index contributed by atoms with van der Waals surface area (Å²) in [4.78, 5) is 0. The van der Waals surface area contributed by atoms with E-state index in [4.69, 9.17) is 4.74 Å². The van der Waals surface area contributed by atoms with E-state index in [-0.39, 0.29) is 5.34 Å². The molecule has 130 valence electrons. The molecule has 0 aromatic heterocycles. The Bertz CT molecular complexity index is 448. The zero-order valence-corrected chi connectivity index (χ0v) is 18.2. The third kappa shape index (κ3) is 4.37. The summed E-state index contributed by atoms with van der Waals surface area (Å²) < 4.78 is 6.69. The monoisotopic (exact) mass is 344 g/mol. The zero-order valence-electron chi connectivity index (χ0n) is 16.3. The molecule has 1 fully saturated rings. The first-order valence-electron chi connectivity index (χ1n) is 8.96. The lowest BCUT2D eigenvalue weighted by molar-refractivity contribution is -0.0426. The molecule has 0 aliphatic heterocycles. The minimum atomic E-state index is -1.03. The first-order chi connectivity index (χ1) is 9.89. The van der Waals surface area contributed by atoms with E-state index in [0.29, 0.717) is 17.4 Å². The lowest BCUT2D eigenvalue weighted by Gasteiger charge is -2.38. The SMILES string of the molecule is BC1CC(OC(C)(C)[PH](=C)CP(=C)(CC)CC)C(C)C1(C)C. The van der Waals surface area contributed by atoms with Gasteiger partial charge in [-0.2, -0.15) is 0 Å². The highest BCUT2D eigenvalue weighted by atomic mass is 31.2. The van der Waals surface area contributed by atoms with Crippen LogP contribution in [-0.4, -0.2) is 50.1 Å².